The highest BCUT2D eigenvalue weighted by Gasteiger charge is 2.34. The number of benzene rings is 2. The van der Waals surface area contributed by atoms with Crippen LogP contribution in [-0.4, -0.2) is 29.2 Å². The van der Waals surface area contributed by atoms with Crippen LogP contribution >= 0.6 is 0 Å². The van der Waals surface area contributed by atoms with Crippen molar-refractivity contribution in [2.75, 3.05) is 0 Å². The van der Waals surface area contributed by atoms with Crippen molar-refractivity contribution in [2.45, 2.75) is 12.6 Å². The third-order valence-corrected chi connectivity index (χ3v) is 4.29. The van der Waals surface area contributed by atoms with E-state index < -0.39 is 23.8 Å². The molecule has 0 radical (unpaired) electrons. The van der Waals surface area contributed by atoms with Crippen LogP contribution in [0.1, 0.15) is 5.56 Å². The SMILES string of the molecule is NC(=O)C(C=O)[C@H](NCc1ccccc1)C(=O)Oc1nccc2ccccc12. The molecule has 3 aromatic rings. The quantitative estimate of drug-likeness (QED) is 0.350. The predicted octanol–water partition coefficient (Wildman–Crippen LogP) is 1.60. The highest BCUT2D eigenvalue weighted by Crippen LogP contribution is 2.23. The van der Waals surface area contributed by atoms with Gasteiger partial charge in [-0.15, -0.1) is 0 Å². The molecule has 2 aromatic carbocycles. The van der Waals surface area contributed by atoms with Gasteiger partial charge in [0.25, 0.3) is 0 Å². The Bertz CT molecular complexity index is 986. The number of pyridine rings is 1. The van der Waals surface area contributed by atoms with Gasteiger partial charge in [-0.1, -0.05) is 48.5 Å². The lowest BCUT2D eigenvalue weighted by molar-refractivity contribution is -0.143. The van der Waals surface area contributed by atoms with Crippen molar-refractivity contribution in [1.29, 1.82) is 0 Å². The summed E-state index contributed by atoms with van der Waals surface area (Å²) >= 11 is 0. The maximum Gasteiger partial charge on any atom is 0.331 e. The lowest BCUT2D eigenvalue weighted by Gasteiger charge is -2.20. The Morgan fingerprint density at radius 2 is 1.79 bits per heavy atom. The van der Waals surface area contributed by atoms with Crippen LogP contribution in [0.3, 0.4) is 0 Å². The normalized spacial score (nSPS) is 12.9. The Morgan fingerprint density at radius 3 is 2.50 bits per heavy atom. The third kappa shape index (κ3) is 4.39. The number of nitrogens with one attached hydrogen (secondary N) is 1. The van der Waals surface area contributed by atoms with E-state index in [1.165, 1.54) is 6.20 Å². The molecule has 3 rings (SSSR count). The molecule has 142 valence electrons. The molecular weight excluding hydrogens is 358 g/mol. The fraction of sp³-hybridized carbons (Fsp3) is 0.143. The zero-order valence-corrected chi connectivity index (χ0v) is 14.9. The lowest BCUT2D eigenvalue weighted by Crippen LogP contribution is -2.50. The number of hydrogen-bond acceptors (Lipinski definition) is 6. The molecule has 28 heavy (non-hydrogen) atoms. The van der Waals surface area contributed by atoms with Gasteiger partial charge < -0.3 is 15.3 Å². The summed E-state index contributed by atoms with van der Waals surface area (Å²) in [5.74, 6) is -2.99. The van der Waals surface area contributed by atoms with Crippen LogP contribution < -0.4 is 15.8 Å². The number of carbonyl (C=O) groups excluding carboxylic acids is 3. The van der Waals surface area contributed by atoms with E-state index in [0.29, 0.717) is 11.7 Å². The number of fused-ring (bicyclic) bond motifs is 1. The van der Waals surface area contributed by atoms with Crippen molar-refractivity contribution in [3.05, 3.63) is 72.4 Å². The highest BCUT2D eigenvalue weighted by molar-refractivity contribution is 5.98. The first-order chi connectivity index (χ1) is 13.6. The number of esters is 1. The second-order valence-corrected chi connectivity index (χ2v) is 6.17. The Morgan fingerprint density at radius 1 is 1.07 bits per heavy atom. The van der Waals surface area contributed by atoms with Crippen LogP contribution in [0.5, 0.6) is 5.88 Å². The molecule has 0 bridgehead atoms. The molecule has 0 aliphatic rings. The van der Waals surface area contributed by atoms with Crippen LogP contribution in [0.25, 0.3) is 10.8 Å². The van der Waals surface area contributed by atoms with Gasteiger partial charge in [-0.2, -0.15) is 0 Å². The summed E-state index contributed by atoms with van der Waals surface area (Å²) in [5.41, 5.74) is 6.18. The van der Waals surface area contributed by atoms with Gasteiger partial charge in [-0.05, 0) is 23.1 Å². The second-order valence-electron chi connectivity index (χ2n) is 6.17. The molecule has 0 saturated carbocycles. The number of hydrogen-bond donors (Lipinski definition) is 2. The molecule has 1 amide bonds. The van der Waals surface area contributed by atoms with Crippen molar-refractivity contribution < 1.29 is 19.1 Å². The zero-order chi connectivity index (χ0) is 19.9. The van der Waals surface area contributed by atoms with E-state index in [-0.39, 0.29) is 12.4 Å². The average molecular weight is 377 g/mol. The minimum atomic E-state index is -1.37. The number of amides is 1. The number of aldehydes is 1. The molecule has 0 aliphatic carbocycles. The summed E-state index contributed by atoms with van der Waals surface area (Å²) in [6.45, 7) is 0.251. The van der Waals surface area contributed by atoms with Crippen molar-refractivity contribution in [1.82, 2.24) is 10.3 Å². The van der Waals surface area contributed by atoms with E-state index in [0.717, 1.165) is 10.9 Å². The minimum absolute atomic E-state index is 0.101. The van der Waals surface area contributed by atoms with Gasteiger partial charge in [0.2, 0.25) is 11.8 Å². The van der Waals surface area contributed by atoms with Crippen molar-refractivity contribution in [2.24, 2.45) is 11.7 Å². The molecular formula is C21H19N3O4. The van der Waals surface area contributed by atoms with Gasteiger partial charge in [-0.3, -0.25) is 10.1 Å². The van der Waals surface area contributed by atoms with Gasteiger partial charge >= 0.3 is 5.97 Å². The van der Waals surface area contributed by atoms with Crippen molar-refractivity contribution in [3.8, 4) is 5.88 Å². The second kappa shape index (κ2) is 8.88. The molecule has 1 unspecified atom stereocenters. The summed E-state index contributed by atoms with van der Waals surface area (Å²) in [5, 5.41) is 4.39. The Labute approximate surface area is 161 Å². The van der Waals surface area contributed by atoms with Crippen LogP contribution in [0, 0.1) is 5.92 Å². The van der Waals surface area contributed by atoms with E-state index >= 15 is 0 Å². The Balaban J connectivity index is 1.84. The van der Waals surface area contributed by atoms with Gasteiger partial charge in [0, 0.05) is 18.1 Å². The van der Waals surface area contributed by atoms with Gasteiger partial charge in [0.1, 0.15) is 18.2 Å². The largest absolute Gasteiger partial charge is 0.406 e. The average Bonchev–Trinajstić information content (AvgIpc) is 2.71. The first-order valence-electron chi connectivity index (χ1n) is 8.67. The summed E-state index contributed by atoms with van der Waals surface area (Å²) in [7, 11) is 0. The molecule has 1 aromatic heterocycles. The number of rotatable bonds is 8. The summed E-state index contributed by atoms with van der Waals surface area (Å²) in [6.07, 6.45) is 1.87. The molecule has 0 aliphatic heterocycles. The number of nitrogens with zero attached hydrogens (tertiary/aromatic N) is 1. The summed E-state index contributed by atoms with van der Waals surface area (Å²) in [4.78, 5) is 40.0. The highest BCUT2D eigenvalue weighted by atomic mass is 16.5. The standard InChI is InChI=1S/C21H19N3O4/c22-19(26)17(13-25)18(24-12-14-6-2-1-3-7-14)21(27)28-20-16-9-5-4-8-15(16)10-11-23-20/h1-11,13,17-18,24H,12H2,(H2,22,26)/t17?,18-/m0/s1. The monoisotopic (exact) mass is 377 g/mol. The number of carbonyl (C=O) groups is 3. The fourth-order valence-corrected chi connectivity index (χ4v) is 2.82. The van der Waals surface area contributed by atoms with Crippen LogP contribution in [0.4, 0.5) is 0 Å². The maximum atomic E-state index is 12.8. The van der Waals surface area contributed by atoms with Crippen molar-refractivity contribution in [3.63, 3.8) is 0 Å². The molecule has 7 heteroatoms. The smallest absolute Gasteiger partial charge is 0.331 e. The van der Waals surface area contributed by atoms with E-state index in [2.05, 4.69) is 10.3 Å². The molecule has 3 N–H and O–H groups in total. The van der Waals surface area contributed by atoms with E-state index in [1.54, 1.807) is 18.2 Å². The third-order valence-electron chi connectivity index (χ3n) is 4.29. The lowest BCUT2D eigenvalue weighted by atomic mass is 10.0. The van der Waals surface area contributed by atoms with Crippen molar-refractivity contribution >= 4 is 28.9 Å². The number of aromatic nitrogens is 1. The molecule has 0 saturated heterocycles. The first-order valence-corrected chi connectivity index (χ1v) is 8.67. The molecule has 0 spiro atoms. The fourth-order valence-electron chi connectivity index (χ4n) is 2.82. The topological polar surface area (TPSA) is 111 Å². The Hall–Kier alpha value is -3.58. The van der Waals surface area contributed by atoms with E-state index in [1.807, 2.05) is 42.5 Å². The van der Waals surface area contributed by atoms with E-state index in [4.69, 9.17) is 10.5 Å². The predicted molar refractivity (Wildman–Crippen MR) is 103 cm³/mol. The number of primary amides is 1. The van der Waals surface area contributed by atoms with E-state index in [9.17, 15) is 14.4 Å². The van der Waals surface area contributed by atoms with Crippen LogP contribution in [0.2, 0.25) is 0 Å². The molecule has 0 fully saturated rings. The minimum Gasteiger partial charge on any atom is -0.406 e. The summed E-state index contributed by atoms with van der Waals surface area (Å²) < 4.78 is 5.43. The van der Waals surface area contributed by atoms with Gasteiger partial charge in [-0.25, -0.2) is 9.78 Å². The first kappa shape index (κ1) is 19.2. The summed E-state index contributed by atoms with van der Waals surface area (Å²) in [6, 6.07) is 17.1. The van der Waals surface area contributed by atoms with Crippen LogP contribution in [0.15, 0.2) is 66.9 Å². The molecule has 7 nitrogen and oxygen atoms in total. The number of nitrogens with two attached hydrogens (primary N) is 1. The molecule has 1 heterocycles. The zero-order valence-electron chi connectivity index (χ0n) is 14.9. The Kier molecular flexibility index (Phi) is 6.08. The number of ether oxygens (including phenoxy) is 1. The van der Waals surface area contributed by atoms with Gasteiger partial charge in [0.15, 0.2) is 0 Å². The maximum absolute atomic E-state index is 12.8. The van der Waals surface area contributed by atoms with Crippen LogP contribution in [-0.2, 0) is 20.9 Å². The van der Waals surface area contributed by atoms with Gasteiger partial charge in [0.05, 0.1) is 0 Å². The molecule has 2 atom stereocenters.